The molecule has 33 heavy (non-hydrogen) atoms. The van der Waals surface area contributed by atoms with Gasteiger partial charge in [0.2, 0.25) is 0 Å². The highest BCUT2D eigenvalue weighted by molar-refractivity contribution is 7.87. The second-order valence-corrected chi connectivity index (χ2v) is 6.96. The summed E-state index contributed by atoms with van der Waals surface area (Å²) in [4.78, 5) is 0. The molecule has 24 heteroatoms. The smallest absolute Gasteiger partial charge is 0.281 e. The van der Waals surface area contributed by atoms with E-state index in [0.717, 1.165) is 4.74 Å². The Hall–Kier alpha value is -1.46. The summed E-state index contributed by atoms with van der Waals surface area (Å²) in [6.07, 6.45) is -23.4. The maximum absolute atomic E-state index is 13.2. The zero-order chi connectivity index (χ0) is 27.7. The van der Waals surface area contributed by atoms with Crippen molar-refractivity contribution in [1.82, 2.24) is 0 Å². The predicted octanol–water partition coefficient (Wildman–Crippen LogP) is 5.41. The zero-order valence-corrected chi connectivity index (χ0v) is 14.6. The monoisotopic (exact) mass is 566 g/mol. The fourth-order valence-corrected chi connectivity index (χ4v) is 1.85. The van der Waals surface area contributed by atoms with E-state index in [1.54, 1.807) is 0 Å². The molecule has 0 heterocycles. The molecule has 0 radical (unpaired) electrons. The first-order valence-electron chi connectivity index (χ1n) is 6.47. The summed E-state index contributed by atoms with van der Waals surface area (Å²) in [6, 6.07) is 0. The van der Waals surface area contributed by atoms with E-state index in [0.29, 0.717) is 0 Å². The Balaban J connectivity index is 6.83. The normalized spacial score (nSPS) is 16.8. The Morgan fingerprint density at radius 1 is 0.455 bits per heavy atom. The fraction of sp³-hybridized carbons (Fsp3) is 1.00. The lowest BCUT2D eigenvalue weighted by Gasteiger charge is -2.42. The van der Waals surface area contributed by atoms with Crippen molar-refractivity contribution >= 4 is 10.1 Å². The second-order valence-electron chi connectivity index (χ2n) is 5.50. The number of hydrogen-bond donors (Lipinski definition) is 1. The van der Waals surface area contributed by atoms with Gasteiger partial charge in [-0.2, -0.15) is 91.8 Å². The molecule has 1 N–H and O–H groups in total. The molecule has 0 aliphatic carbocycles. The Morgan fingerprint density at radius 3 is 1.00 bits per heavy atom. The Labute approximate surface area is 166 Å². The minimum atomic E-state index is -9.01. The van der Waals surface area contributed by atoms with Crippen LogP contribution in [-0.4, -0.2) is 66.2 Å². The van der Waals surface area contributed by atoms with E-state index in [1.807, 2.05) is 0 Å². The van der Waals surface area contributed by atoms with Crippen molar-refractivity contribution in [1.29, 1.82) is 0 Å². The maximum Gasteiger partial charge on any atom is 0.483 e. The van der Waals surface area contributed by atoms with Crippen molar-refractivity contribution in [2.75, 3.05) is 0 Å². The quantitative estimate of drug-likeness (QED) is 0.300. The highest BCUT2D eigenvalue weighted by atomic mass is 32.2. The number of ether oxygens (including phenoxy) is 1. The van der Waals surface area contributed by atoms with Crippen LogP contribution in [0.2, 0.25) is 0 Å². The van der Waals surface area contributed by atoms with Gasteiger partial charge in [0.15, 0.2) is 0 Å². The molecule has 0 saturated heterocycles. The van der Waals surface area contributed by atoms with Crippen LogP contribution in [0.1, 0.15) is 0 Å². The first kappa shape index (κ1) is 31.5. The molecule has 0 bridgehead atoms. The molecule has 0 spiro atoms. The summed E-state index contributed by atoms with van der Waals surface area (Å²) < 4.78 is 271. The van der Waals surface area contributed by atoms with E-state index in [-0.39, 0.29) is 0 Å². The largest absolute Gasteiger partial charge is 0.483 e. The van der Waals surface area contributed by atoms with E-state index in [2.05, 4.69) is 0 Å². The van der Waals surface area contributed by atoms with Crippen LogP contribution in [-0.2, 0) is 14.9 Å². The Morgan fingerprint density at radius 2 is 0.727 bits per heavy atom. The number of alkyl halides is 19. The molecule has 0 aromatic rings. The molecule has 0 unspecified atom stereocenters. The lowest BCUT2D eigenvalue weighted by Crippen LogP contribution is -2.74. The number of hydrogen-bond acceptors (Lipinski definition) is 3. The van der Waals surface area contributed by atoms with Gasteiger partial charge in [-0.1, -0.05) is 0 Å². The lowest BCUT2D eigenvalue weighted by molar-refractivity contribution is -0.517. The molecule has 0 fully saturated rings. The molecular weight excluding hydrogens is 565 g/mol. The van der Waals surface area contributed by atoms with Crippen LogP contribution >= 0.6 is 0 Å². The molecule has 200 valence electrons. The van der Waals surface area contributed by atoms with Gasteiger partial charge in [0.1, 0.15) is 0 Å². The van der Waals surface area contributed by atoms with Crippen LogP contribution in [0.3, 0.4) is 0 Å². The summed E-state index contributed by atoms with van der Waals surface area (Å²) in [5.41, 5.74) is 0. The summed E-state index contributed by atoms with van der Waals surface area (Å²) in [5, 5.41) is -7.93. The molecule has 0 atom stereocenters. The van der Waals surface area contributed by atoms with E-state index >= 15 is 0 Å². The van der Waals surface area contributed by atoms with Crippen molar-refractivity contribution in [3.63, 3.8) is 0 Å². The average Bonchev–Trinajstić information content (AvgIpc) is 2.50. The molecular formula is C9HF19O4S. The van der Waals surface area contributed by atoms with Crippen molar-refractivity contribution in [3.05, 3.63) is 0 Å². The van der Waals surface area contributed by atoms with Crippen LogP contribution in [0.4, 0.5) is 83.4 Å². The first-order chi connectivity index (χ1) is 13.7. The summed E-state index contributed by atoms with van der Waals surface area (Å²) >= 11 is 0. The van der Waals surface area contributed by atoms with E-state index < -0.39 is 63.4 Å². The minimum absolute atomic E-state index is 0.984. The molecule has 0 rings (SSSR count). The molecule has 0 amide bonds. The summed E-state index contributed by atoms with van der Waals surface area (Å²) in [7, 11) is -7.98. The van der Waals surface area contributed by atoms with Gasteiger partial charge in [-0.25, -0.2) is 4.74 Å². The molecule has 4 nitrogen and oxygen atoms in total. The standard InChI is InChI=1S/C9HF19O4S/c10-1(11,3(14,15)5(18,19)9(27,28)33(29,30)31)2(12,13)4(16,17)7(23,24)32-8(25,26)6(20,21)22/h(H,29,30,31). The van der Waals surface area contributed by atoms with Crippen LogP contribution in [0, 0.1) is 0 Å². The van der Waals surface area contributed by atoms with Crippen LogP contribution in [0.25, 0.3) is 0 Å². The number of halogens is 19. The van der Waals surface area contributed by atoms with E-state index in [1.165, 1.54) is 0 Å². The third-order valence-corrected chi connectivity index (χ3v) is 4.12. The lowest BCUT2D eigenvalue weighted by atomic mass is 9.93. The summed E-state index contributed by atoms with van der Waals surface area (Å²) in [6.45, 7) is 0. The Bertz CT molecular complexity index is 840. The average molecular weight is 566 g/mol. The van der Waals surface area contributed by atoms with Crippen LogP contribution in [0.5, 0.6) is 0 Å². The topological polar surface area (TPSA) is 63.6 Å². The van der Waals surface area contributed by atoms with Gasteiger partial charge in [-0.3, -0.25) is 4.55 Å². The van der Waals surface area contributed by atoms with Crippen LogP contribution < -0.4 is 0 Å². The predicted molar refractivity (Wildman–Crippen MR) is 58.3 cm³/mol. The first-order valence-corrected chi connectivity index (χ1v) is 7.91. The van der Waals surface area contributed by atoms with Gasteiger partial charge < -0.3 is 0 Å². The van der Waals surface area contributed by atoms with Crippen molar-refractivity contribution in [2.45, 2.75) is 53.3 Å². The molecule has 0 aromatic heterocycles. The molecule has 0 aromatic carbocycles. The van der Waals surface area contributed by atoms with Gasteiger partial charge in [0.05, 0.1) is 0 Å². The van der Waals surface area contributed by atoms with Crippen molar-refractivity contribution in [3.8, 4) is 0 Å². The fourth-order valence-electron chi connectivity index (χ4n) is 1.40. The number of rotatable bonds is 9. The molecule has 0 saturated carbocycles. The molecule has 0 aliphatic heterocycles. The second kappa shape index (κ2) is 7.52. The van der Waals surface area contributed by atoms with Gasteiger partial charge in [-0.05, 0) is 0 Å². The third kappa shape index (κ3) is 4.25. The van der Waals surface area contributed by atoms with E-state index in [9.17, 15) is 91.8 Å². The van der Waals surface area contributed by atoms with Crippen molar-refractivity contribution in [2.24, 2.45) is 0 Å². The van der Waals surface area contributed by atoms with E-state index in [4.69, 9.17) is 4.55 Å². The maximum atomic E-state index is 13.2. The molecule has 0 aliphatic rings. The Kier molecular flexibility index (Phi) is 7.18. The highest BCUT2D eigenvalue weighted by Crippen LogP contribution is 2.63. The summed E-state index contributed by atoms with van der Waals surface area (Å²) in [5.74, 6) is -44.2. The van der Waals surface area contributed by atoms with Gasteiger partial charge in [0, 0.05) is 0 Å². The highest BCUT2D eigenvalue weighted by Gasteiger charge is 2.95. The van der Waals surface area contributed by atoms with Gasteiger partial charge in [0.25, 0.3) is 0 Å². The van der Waals surface area contributed by atoms with Crippen molar-refractivity contribution < 1.29 is 101 Å². The third-order valence-electron chi connectivity index (χ3n) is 3.22. The zero-order valence-electron chi connectivity index (χ0n) is 13.8. The van der Waals surface area contributed by atoms with Gasteiger partial charge in [-0.15, -0.1) is 0 Å². The minimum Gasteiger partial charge on any atom is -0.281 e. The van der Waals surface area contributed by atoms with Gasteiger partial charge >= 0.3 is 63.4 Å². The van der Waals surface area contributed by atoms with Crippen LogP contribution in [0.15, 0.2) is 0 Å². The SMILES string of the molecule is O=S(=O)(O)C(F)(F)C(F)(F)C(F)(F)C(F)(F)C(F)(F)C(F)(F)C(F)(F)OC(F)(F)C(F)(F)F.